The second-order valence-electron chi connectivity index (χ2n) is 4.69. The topological polar surface area (TPSA) is 46.9 Å². The third-order valence-corrected chi connectivity index (χ3v) is 3.23. The highest BCUT2D eigenvalue weighted by molar-refractivity contribution is 6.34. The zero-order chi connectivity index (χ0) is 14.2. The molecule has 5 heteroatoms. The Bertz CT molecular complexity index is 623. The van der Waals surface area contributed by atoms with Crippen LogP contribution in [0.2, 0.25) is 5.02 Å². The van der Waals surface area contributed by atoms with Crippen LogP contribution in [0.5, 0.6) is 0 Å². The molecule has 1 N–H and O–H groups in total. The minimum absolute atomic E-state index is 0.195. The Morgan fingerprint density at radius 3 is 2.53 bits per heavy atom. The maximum absolute atomic E-state index is 12.2. The summed E-state index contributed by atoms with van der Waals surface area (Å²) in [7, 11) is 1.79. The fourth-order valence-corrected chi connectivity index (χ4v) is 2.45. The Balaban J connectivity index is 2.32. The largest absolute Gasteiger partial charge is 0.320 e. The van der Waals surface area contributed by atoms with E-state index in [1.807, 2.05) is 26.0 Å². The van der Waals surface area contributed by atoms with E-state index >= 15 is 0 Å². The molecule has 2 rings (SSSR count). The zero-order valence-electron chi connectivity index (χ0n) is 11.4. The molecule has 0 aliphatic rings. The second kappa shape index (κ2) is 5.05. The lowest BCUT2D eigenvalue weighted by Gasteiger charge is -2.11. The van der Waals surface area contributed by atoms with Gasteiger partial charge in [-0.15, -0.1) is 0 Å². The number of carbonyl (C=O) groups is 1. The van der Waals surface area contributed by atoms with Crippen LogP contribution in [0.15, 0.2) is 18.3 Å². The smallest absolute Gasteiger partial charge is 0.259 e. The van der Waals surface area contributed by atoms with Crippen molar-refractivity contribution in [3.05, 3.63) is 45.7 Å². The summed E-state index contributed by atoms with van der Waals surface area (Å²) in [6, 6.07) is 3.82. The molecule has 0 bridgehead atoms. The number of nitrogens with zero attached hydrogens (tertiary/aromatic N) is 2. The fourth-order valence-electron chi connectivity index (χ4n) is 2.08. The van der Waals surface area contributed by atoms with Crippen LogP contribution >= 0.6 is 11.6 Å². The van der Waals surface area contributed by atoms with Gasteiger partial charge >= 0.3 is 0 Å². The van der Waals surface area contributed by atoms with Crippen LogP contribution in [0, 0.1) is 20.8 Å². The minimum atomic E-state index is -0.195. The number of hydrogen-bond donors (Lipinski definition) is 1. The number of halogens is 1. The van der Waals surface area contributed by atoms with Crippen LogP contribution in [-0.4, -0.2) is 15.7 Å². The molecule has 4 nitrogen and oxygen atoms in total. The van der Waals surface area contributed by atoms with Crippen LogP contribution in [-0.2, 0) is 7.05 Å². The summed E-state index contributed by atoms with van der Waals surface area (Å²) in [5.41, 5.74) is 3.91. The highest BCUT2D eigenvalue weighted by atomic mass is 35.5. The minimum Gasteiger partial charge on any atom is -0.320 e. The predicted molar refractivity (Wildman–Crippen MR) is 76.8 cm³/mol. The molecule has 0 fully saturated rings. The van der Waals surface area contributed by atoms with Gasteiger partial charge in [0.15, 0.2) is 0 Å². The van der Waals surface area contributed by atoms with Gasteiger partial charge in [-0.2, -0.15) is 5.10 Å². The molecule has 100 valence electrons. The summed E-state index contributed by atoms with van der Waals surface area (Å²) in [6.07, 6.45) is 1.70. The lowest BCUT2D eigenvalue weighted by atomic mass is 10.1. The first-order chi connectivity index (χ1) is 8.88. The van der Waals surface area contributed by atoms with E-state index in [1.165, 1.54) is 0 Å². The third kappa shape index (κ3) is 2.79. The van der Waals surface area contributed by atoms with E-state index in [0.717, 1.165) is 11.1 Å². The quantitative estimate of drug-likeness (QED) is 0.916. The van der Waals surface area contributed by atoms with E-state index in [0.29, 0.717) is 22.0 Å². The Kier molecular flexibility index (Phi) is 3.62. The summed E-state index contributed by atoms with van der Waals surface area (Å²) in [5, 5.41) is 7.56. The lowest BCUT2D eigenvalue weighted by molar-refractivity contribution is 0.102. The highest BCUT2D eigenvalue weighted by Crippen LogP contribution is 2.27. The van der Waals surface area contributed by atoms with E-state index in [-0.39, 0.29) is 5.91 Å². The second-order valence-corrected chi connectivity index (χ2v) is 5.10. The van der Waals surface area contributed by atoms with Gasteiger partial charge in [-0.1, -0.05) is 17.7 Å². The van der Waals surface area contributed by atoms with Gasteiger partial charge in [-0.05, 0) is 38.0 Å². The SMILES string of the molecule is Cc1cc(C)c(NC(=O)c2cn(C)nc2C)c(Cl)c1. The number of aromatic nitrogens is 2. The van der Waals surface area contributed by atoms with Crippen molar-refractivity contribution in [2.24, 2.45) is 7.05 Å². The molecule has 0 aliphatic carbocycles. The Morgan fingerprint density at radius 2 is 2.00 bits per heavy atom. The summed E-state index contributed by atoms with van der Waals surface area (Å²) < 4.78 is 1.62. The van der Waals surface area contributed by atoms with Crippen LogP contribution in [0.1, 0.15) is 27.2 Å². The summed E-state index contributed by atoms with van der Waals surface area (Å²) >= 11 is 6.18. The molecule has 0 aliphatic heterocycles. The first-order valence-corrected chi connectivity index (χ1v) is 6.34. The number of amides is 1. The average Bonchev–Trinajstić information content (AvgIpc) is 2.62. The molecular formula is C14H16ClN3O. The molecule has 19 heavy (non-hydrogen) atoms. The molecule has 1 amide bonds. The maximum Gasteiger partial charge on any atom is 0.259 e. The van der Waals surface area contributed by atoms with Crippen molar-refractivity contribution in [1.29, 1.82) is 0 Å². The molecule has 1 heterocycles. The molecule has 0 atom stereocenters. The average molecular weight is 278 g/mol. The van der Waals surface area contributed by atoms with Gasteiger partial charge in [0.1, 0.15) is 0 Å². The number of anilines is 1. The standard InChI is InChI=1S/C14H16ClN3O/c1-8-5-9(2)13(12(15)6-8)16-14(19)11-7-18(4)17-10(11)3/h5-7H,1-4H3,(H,16,19). The number of nitrogens with one attached hydrogen (secondary N) is 1. The summed E-state index contributed by atoms with van der Waals surface area (Å²) in [6.45, 7) is 5.69. The van der Waals surface area contributed by atoms with E-state index in [9.17, 15) is 4.79 Å². The van der Waals surface area contributed by atoms with Gasteiger partial charge in [-0.25, -0.2) is 0 Å². The van der Waals surface area contributed by atoms with E-state index in [2.05, 4.69) is 10.4 Å². The van der Waals surface area contributed by atoms with E-state index in [4.69, 9.17) is 11.6 Å². The third-order valence-electron chi connectivity index (χ3n) is 2.93. The first-order valence-electron chi connectivity index (χ1n) is 5.97. The zero-order valence-corrected chi connectivity index (χ0v) is 12.2. The number of hydrogen-bond acceptors (Lipinski definition) is 2. The predicted octanol–water partition coefficient (Wildman–Crippen LogP) is 3.25. The maximum atomic E-state index is 12.2. The molecule has 1 aromatic carbocycles. The van der Waals surface area contributed by atoms with Crippen LogP contribution in [0.25, 0.3) is 0 Å². The van der Waals surface area contributed by atoms with Gasteiger partial charge in [0.2, 0.25) is 0 Å². The number of benzene rings is 1. The molecular weight excluding hydrogens is 262 g/mol. The van der Waals surface area contributed by atoms with Crippen LogP contribution in [0.3, 0.4) is 0 Å². The highest BCUT2D eigenvalue weighted by Gasteiger charge is 2.15. The van der Waals surface area contributed by atoms with Crippen LogP contribution < -0.4 is 5.32 Å². The molecule has 1 aromatic heterocycles. The number of rotatable bonds is 2. The first kappa shape index (κ1) is 13.6. The summed E-state index contributed by atoms with van der Waals surface area (Å²) in [4.78, 5) is 12.2. The van der Waals surface area contributed by atoms with Crippen molar-refractivity contribution in [3.63, 3.8) is 0 Å². The van der Waals surface area contributed by atoms with Crippen molar-refractivity contribution >= 4 is 23.2 Å². The monoisotopic (exact) mass is 277 g/mol. The van der Waals surface area contributed by atoms with Gasteiger partial charge in [0.25, 0.3) is 5.91 Å². The molecule has 0 radical (unpaired) electrons. The number of carbonyl (C=O) groups excluding carboxylic acids is 1. The Hall–Kier alpha value is -1.81. The number of aryl methyl sites for hydroxylation is 4. The van der Waals surface area contributed by atoms with Crippen molar-refractivity contribution in [2.75, 3.05) is 5.32 Å². The normalized spacial score (nSPS) is 10.6. The van der Waals surface area contributed by atoms with Gasteiger partial charge in [0, 0.05) is 13.2 Å². The molecule has 0 spiro atoms. The molecule has 0 unspecified atom stereocenters. The Labute approximate surface area is 117 Å². The Morgan fingerprint density at radius 1 is 1.32 bits per heavy atom. The lowest BCUT2D eigenvalue weighted by Crippen LogP contribution is -2.13. The van der Waals surface area contributed by atoms with Crippen LogP contribution in [0.4, 0.5) is 5.69 Å². The van der Waals surface area contributed by atoms with Crippen molar-refractivity contribution in [3.8, 4) is 0 Å². The van der Waals surface area contributed by atoms with Crippen molar-refractivity contribution < 1.29 is 4.79 Å². The van der Waals surface area contributed by atoms with Crippen molar-refractivity contribution in [2.45, 2.75) is 20.8 Å². The fraction of sp³-hybridized carbons (Fsp3) is 0.286. The van der Waals surface area contributed by atoms with E-state index in [1.54, 1.807) is 24.9 Å². The molecule has 2 aromatic rings. The van der Waals surface area contributed by atoms with E-state index < -0.39 is 0 Å². The summed E-state index contributed by atoms with van der Waals surface area (Å²) in [5.74, 6) is -0.195. The van der Waals surface area contributed by atoms with Gasteiger partial charge < -0.3 is 5.32 Å². The molecule has 0 saturated carbocycles. The van der Waals surface area contributed by atoms with Gasteiger partial charge in [0.05, 0.1) is 22.0 Å². The van der Waals surface area contributed by atoms with Gasteiger partial charge in [-0.3, -0.25) is 9.48 Å². The molecule has 0 saturated heterocycles. The van der Waals surface area contributed by atoms with Crippen molar-refractivity contribution in [1.82, 2.24) is 9.78 Å².